The van der Waals surface area contributed by atoms with E-state index in [4.69, 9.17) is 5.11 Å². The highest BCUT2D eigenvalue weighted by Crippen LogP contribution is 2.24. The van der Waals surface area contributed by atoms with E-state index in [1.165, 1.54) is 16.4 Å². The second kappa shape index (κ2) is 6.78. The number of benzene rings is 1. The molecule has 0 radical (unpaired) electrons. The standard InChI is InChI=1S/C12H18N2O5S/c1-3-13(7-4-8-15)20(18,19)11-6-5-10(2)12(9-11)14(16)17/h5-6,9,15H,3-4,7-8H2,1-2H3. The molecule has 112 valence electrons. The molecule has 1 rings (SSSR count). The zero-order chi connectivity index (χ0) is 15.3. The third-order valence-corrected chi connectivity index (χ3v) is 4.90. The normalized spacial score (nSPS) is 11.8. The molecule has 0 atom stereocenters. The van der Waals surface area contributed by atoms with Gasteiger partial charge in [0.2, 0.25) is 10.0 Å². The summed E-state index contributed by atoms with van der Waals surface area (Å²) >= 11 is 0. The number of hydrogen-bond acceptors (Lipinski definition) is 5. The van der Waals surface area contributed by atoms with Crippen LogP contribution in [0.25, 0.3) is 0 Å². The number of aliphatic hydroxyl groups excluding tert-OH is 1. The van der Waals surface area contributed by atoms with Gasteiger partial charge in [-0.2, -0.15) is 4.31 Å². The van der Waals surface area contributed by atoms with Gasteiger partial charge in [0.15, 0.2) is 0 Å². The van der Waals surface area contributed by atoms with Crippen molar-refractivity contribution in [2.45, 2.75) is 25.2 Å². The molecular weight excluding hydrogens is 284 g/mol. The topological polar surface area (TPSA) is 101 Å². The van der Waals surface area contributed by atoms with Crippen LogP contribution in [0.4, 0.5) is 5.69 Å². The van der Waals surface area contributed by atoms with E-state index in [0.29, 0.717) is 12.0 Å². The van der Waals surface area contributed by atoms with Crippen LogP contribution in [-0.2, 0) is 10.0 Å². The summed E-state index contributed by atoms with van der Waals surface area (Å²) in [5.41, 5.74) is 0.191. The molecule has 0 heterocycles. The van der Waals surface area contributed by atoms with Gasteiger partial charge in [-0.05, 0) is 19.4 Å². The highest BCUT2D eigenvalue weighted by Gasteiger charge is 2.25. The van der Waals surface area contributed by atoms with E-state index in [1.54, 1.807) is 13.8 Å². The molecular formula is C12H18N2O5S. The zero-order valence-corrected chi connectivity index (χ0v) is 12.3. The number of rotatable bonds is 7. The molecule has 0 saturated carbocycles. The van der Waals surface area contributed by atoms with E-state index < -0.39 is 14.9 Å². The van der Waals surface area contributed by atoms with Gasteiger partial charge in [0, 0.05) is 31.3 Å². The molecule has 1 N–H and O–H groups in total. The lowest BCUT2D eigenvalue weighted by molar-refractivity contribution is -0.385. The molecule has 0 fully saturated rings. The predicted molar refractivity (Wildman–Crippen MR) is 74.0 cm³/mol. The van der Waals surface area contributed by atoms with Crippen molar-refractivity contribution in [3.8, 4) is 0 Å². The molecule has 0 aliphatic heterocycles. The van der Waals surface area contributed by atoms with Crippen molar-refractivity contribution < 1.29 is 18.4 Å². The number of sulfonamides is 1. The van der Waals surface area contributed by atoms with Crippen LogP contribution in [0.3, 0.4) is 0 Å². The molecule has 0 bridgehead atoms. The van der Waals surface area contributed by atoms with E-state index >= 15 is 0 Å². The van der Waals surface area contributed by atoms with Crippen LogP contribution in [0.1, 0.15) is 18.9 Å². The summed E-state index contributed by atoms with van der Waals surface area (Å²) < 4.78 is 25.9. The van der Waals surface area contributed by atoms with Gasteiger partial charge in [-0.3, -0.25) is 10.1 Å². The molecule has 0 unspecified atom stereocenters. The smallest absolute Gasteiger partial charge is 0.273 e. The van der Waals surface area contributed by atoms with Crippen LogP contribution in [0, 0.1) is 17.0 Å². The first-order valence-electron chi connectivity index (χ1n) is 6.20. The van der Waals surface area contributed by atoms with Crippen molar-refractivity contribution in [2.24, 2.45) is 0 Å². The molecule has 0 spiro atoms. The van der Waals surface area contributed by atoms with E-state index in [1.807, 2.05) is 0 Å². The Hall–Kier alpha value is -1.51. The van der Waals surface area contributed by atoms with Gasteiger partial charge in [-0.15, -0.1) is 0 Å². The number of nitro groups is 1. The van der Waals surface area contributed by atoms with Gasteiger partial charge >= 0.3 is 0 Å². The Bertz CT molecular complexity index is 586. The number of aliphatic hydroxyl groups is 1. The minimum atomic E-state index is -3.78. The second-order valence-electron chi connectivity index (χ2n) is 4.28. The van der Waals surface area contributed by atoms with Gasteiger partial charge in [0.05, 0.1) is 9.82 Å². The van der Waals surface area contributed by atoms with Crippen LogP contribution in [0.15, 0.2) is 23.1 Å². The molecule has 8 heteroatoms. The fraction of sp³-hybridized carbons (Fsp3) is 0.500. The molecule has 20 heavy (non-hydrogen) atoms. The first kappa shape index (κ1) is 16.5. The summed E-state index contributed by atoms with van der Waals surface area (Å²) in [4.78, 5) is 10.2. The maximum Gasteiger partial charge on any atom is 0.273 e. The average molecular weight is 302 g/mol. The number of nitro benzene ring substituents is 1. The minimum Gasteiger partial charge on any atom is -0.396 e. The number of aryl methyl sites for hydroxylation is 1. The largest absolute Gasteiger partial charge is 0.396 e. The van der Waals surface area contributed by atoms with Gasteiger partial charge in [0.1, 0.15) is 0 Å². The van der Waals surface area contributed by atoms with Crippen molar-refractivity contribution in [2.75, 3.05) is 19.7 Å². The predicted octanol–water partition coefficient (Wildman–Crippen LogP) is 1.30. The van der Waals surface area contributed by atoms with Crippen molar-refractivity contribution in [3.05, 3.63) is 33.9 Å². The fourth-order valence-electron chi connectivity index (χ4n) is 1.79. The number of hydrogen-bond donors (Lipinski definition) is 1. The lowest BCUT2D eigenvalue weighted by atomic mass is 10.2. The summed E-state index contributed by atoms with van der Waals surface area (Å²) in [5.74, 6) is 0. The molecule has 1 aromatic rings. The Balaban J connectivity index is 3.20. The van der Waals surface area contributed by atoms with E-state index in [0.717, 1.165) is 6.07 Å². The van der Waals surface area contributed by atoms with Crippen molar-refractivity contribution in [3.63, 3.8) is 0 Å². The SMILES string of the molecule is CCN(CCCO)S(=O)(=O)c1ccc(C)c([N+](=O)[O-])c1. The molecule has 0 saturated heterocycles. The maximum absolute atomic E-state index is 12.4. The zero-order valence-electron chi connectivity index (χ0n) is 11.4. The minimum absolute atomic E-state index is 0.102. The van der Waals surface area contributed by atoms with Crippen LogP contribution >= 0.6 is 0 Å². The Kier molecular flexibility index (Phi) is 5.61. The number of nitrogens with zero attached hydrogens (tertiary/aromatic N) is 2. The van der Waals surface area contributed by atoms with E-state index in [2.05, 4.69) is 0 Å². The highest BCUT2D eigenvalue weighted by atomic mass is 32.2. The summed E-state index contributed by atoms with van der Waals surface area (Å²) in [7, 11) is -3.78. The third-order valence-electron chi connectivity index (χ3n) is 2.93. The maximum atomic E-state index is 12.4. The first-order chi connectivity index (χ1) is 9.34. The molecule has 0 aliphatic rings. The van der Waals surface area contributed by atoms with Gasteiger partial charge < -0.3 is 5.11 Å². The Morgan fingerprint density at radius 3 is 2.55 bits per heavy atom. The monoisotopic (exact) mass is 302 g/mol. The lowest BCUT2D eigenvalue weighted by Gasteiger charge is -2.20. The summed E-state index contributed by atoms with van der Waals surface area (Å²) in [6.45, 7) is 3.54. The second-order valence-corrected chi connectivity index (χ2v) is 6.22. The molecule has 0 aliphatic carbocycles. The molecule has 0 amide bonds. The van der Waals surface area contributed by atoms with Crippen LogP contribution < -0.4 is 0 Å². The Morgan fingerprint density at radius 1 is 1.40 bits per heavy atom. The van der Waals surface area contributed by atoms with E-state index in [-0.39, 0.29) is 30.3 Å². The van der Waals surface area contributed by atoms with Crippen molar-refractivity contribution in [1.82, 2.24) is 4.31 Å². The molecule has 7 nitrogen and oxygen atoms in total. The summed E-state index contributed by atoms with van der Waals surface area (Å²) in [5, 5.41) is 19.7. The Morgan fingerprint density at radius 2 is 2.05 bits per heavy atom. The third kappa shape index (κ3) is 3.53. The molecule has 0 aromatic heterocycles. The van der Waals surface area contributed by atoms with Crippen LogP contribution in [0.2, 0.25) is 0 Å². The summed E-state index contributed by atoms with van der Waals surface area (Å²) in [6, 6.07) is 3.86. The van der Waals surface area contributed by atoms with Crippen LogP contribution in [-0.4, -0.2) is 42.4 Å². The Labute approximate surface area is 118 Å². The van der Waals surface area contributed by atoms with Gasteiger partial charge in [0.25, 0.3) is 5.69 Å². The average Bonchev–Trinajstić information content (AvgIpc) is 2.39. The van der Waals surface area contributed by atoms with Crippen molar-refractivity contribution >= 4 is 15.7 Å². The fourth-order valence-corrected chi connectivity index (χ4v) is 3.30. The highest BCUT2D eigenvalue weighted by molar-refractivity contribution is 7.89. The van der Waals surface area contributed by atoms with Crippen molar-refractivity contribution in [1.29, 1.82) is 0 Å². The van der Waals surface area contributed by atoms with E-state index in [9.17, 15) is 18.5 Å². The van der Waals surface area contributed by atoms with Gasteiger partial charge in [-0.1, -0.05) is 13.0 Å². The van der Waals surface area contributed by atoms with Crippen LogP contribution in [0.5, 0.6) is 0 Å². The summed E-state index contributed by atoms with van der Waals surface area (Å²) in [6.07, 6.45) is 0.320. The first-order valence-corrected chi connectivity index (χ1v) is 7.64. The lowest BCUT2D eigenvalue weighted by Crippen LogP contribution is -2.32. The van der Waals surface area contributed by atoms with Gasteiger partial charge in [-0.25, -0.2) is 8.42 Å². The quantitative estimate of drug-likeness (QED) is 0.604. The molecule has 1 aromatic carbocycles.